The maximum absolute atomic E-state index is 12.2. The molecule has 130 valence electrons. The summed E-state index contributed by atoms with van der Waals surface area (Å²) in [5, 5.41) is 50.9. The van der Waals surface area contributed by atoms with Crippen LogP contribution < -0.4 is 9.47 Å². The van der Waals surface area contributed by atoms with Crippen LogP contribution in [0.15, 0.2) is 6.07 Å². The van der Waals surface area contributed by atoms with Crippen LogP contribution in [0.2, 0.25) is 0 Å². The number of aliphatic hydroxyl groups excluding tert-OH is 2. The molecule has 0 amide bonds. The monoisotopic (exact) mass is 340 g/mol. The SMILES string of the molecule is O=C1O[C@H]([C@@H](O)CO)[C@@]2(O)Oc3c4c(cc(O)c3[C@@]12O)OCCC4. The van der Waals surface area contributed by atoms with Gasteiger partial charge in [-0.2, -0.15) is 0 Å². The molecule has 4 atom stereocenters. The summed E-state index contributed by atoms with van der Waals surface area (Å²) in [4.78, 5) is 12.2. The summed E-state index contributed by atoms with van der Waals surface area (Å²) in [6.07, 6.45) is -2.27. The third-order valence-corrected chi connectivity index (χ3v) is 4.74. The van der Waals surface area contributed by atoms with Gasteiger partial charge in [-0.05, 0) is 12.8 Å². The van der Waals surface area contributed by atoms with Gasteiger partial charge in [-0.25, -0.2) is 4.79 Å². The Hall–Kier alpha value is -2.07. The van der Waals surface area contributed by atoms with E-state index >= 15 is 0 Å². The molecule has 9 nitrogen and oxygen atoms in total. The van der Waals surface area contributed by atoms with Crippen LogP contribution in [-0.2, 0) is 21.6 Å². The van der Waals surface area contributed by atoms with Gasteiger partial charge >= 0.3 is 5.97 Å². The van der Waals surface area contributed by atoms with Crippen LogP contribution in [-0.4, -0.2) is 62.7 Å². The molecule has 24 heavy (non-hydrogen) atoms. The topological polar surface area (TPSA) is 146 Å². The van der Waals surface area contributed by atoms with E-state index in [0.717, 1.165) is 0 Å². The Bertz CT molecular complexity index is 732. The van der Waals surface area contributed by atoms with Gasteiger partial charge < -0.3 is 39.7 Å². The molecule has 0 spiro atoms. The second-order valence-electron chi connectivity index (χ2n) is 6.11. The van der Waals surface area contributed by atoms with Crippen molar-refractivity contribution in [3.05, 3.63) is 17.2 Å². The van der Waals surface area contributed by atoms with Gasteiger partial charge in [-0.15, -0.1) is 0 Å². The molecule has 1 aromatic carbocycles. The van der Waals surface area contributed by atoms with E-state index in [1.54, 1.807) is 0 Å². The molecule has 3 aliphatic rings. The van der Waals surface area contributed by atoms with Gasteiger partial charge in [0.2, 0.25) is 0 Å². The van der Waals surface area contributed by atoms with Crippen molar-refractivity contribution < 1.29 is 44.5 Å². The Morgan fingerprint density at radius 2 is 2.12 bits per heavy atom. The van der Waals surface area contributed by atoms with Gasteiger partial charge in [0.1, 0.15) is 23.4 Å². The molecular weight excluding hydrogens is 324 g/mol. The first kappa shape index (κ1) is 15.5. The number of rotatable bonds is 2. The molecule has 0 aromatic heterocycles. The molecule has 0 aliphatic carbocycles. The lowest BCUT2D eigenvalue weighted by Crippen LogP contribution is -2.59. The Balaban J connectivity index is 1.94. The Morgan fingerprint density at radius 1 is 1.38 bits per heavy atom. The van der Waals surface area contributed by atoms with Crippen LogP contribution in [0.4, 0.5) is 0 Å². The molecule has 0 unspecified atom stereocenters. The zero-order chi connectivity index (χ0) is 17.3. The van der Waals surface area contributed by atoms with Gasteiger partial charge in [0, 0.05) is 11.6 Å². The van der Waals surface area contributed by atoms with Gasteiger partial charge in [0.25, 0.3) is 11.4 Å². The number of hydrogen-bond acceptors (Lipinski definition) is 9. The minimum absolute atomic E-state index is 0.0681. The fourth-order valence-corrected chi connectivity index (χ4v) is 3.56. The summed E-state index contributed by atoms with van der Waals surface area (Å²) >= 11 is 0. The third kappa shape index (κ3) is 1.59. The lowest BCUT2D eigenvalue weighted by Gasteiger charge is -2.31. The fourth-order valence-electron chi connectivity index (χ4n) is 3.56. The summed E-state index contributed by atoms with van der Waals surface area (Å²) in [7, 11) is 0. The molecule has 3 heterocycles. The van der Waals surface area contributed by atoms with Gasteiger partial charge in [-0.3, -0.25) is 0 Å². The Labute approximate surface area is 135 Å². The standard InChI is InChI=1S/C15H16O9/c16-5-8(18)12-15(21)14(20,13(19)23-12)10-7(17)4-9-6(11(10)24-15)2-1-3-22-9/h4,8,12,16-18,20-21H,1-3,5H2/t8-,12+,14+,15+/m0/s1. The van der Waals surface area contributed by atoms with Crippen molar-refractivity contribution in [1.82, 2.24) is 0 Å². The number of benzene rings is 1. The van der Waals surface area contributed by atoms with E-state index < -0.39 is 41.9 Å². The number of carbonyl (C=O) groups excluding carboxylic acids is 1. The van der Waals surface area contributed by atoms with Crippen molar-refractivity contribution in [2.24, 2.45) is 0 Å². The summed E-state index contributed by atoms with van der Waals surface area (Å²) in [6.45, 7) is -0.392. The summed E-state index contributed by atoms with van der Waals surface area (Å²) < 4.78 is 15.7. The summed E-state index contributed by atoms with van der Waals surface area (Å²) in [5.41, 5.74) is -2.55. The minimum atomic E-state index is -2.72. The van der Waals surface area contributed by atoms with Crippen LogP contribution >= 0.6 is 0 Å². The van der Waals surface area contributed by atoms with Crippen molar-refractivity contribution >= 4 is 5.97 Å². The summed E-state index contributed by atoms with van der Waals surface area (Å²) in [5.74, 6) is -4.20. The second kappa shape index (κ2) is 4.73. The first-order valence-corrected chi connectivity index (χ1v) is 7.50. The van der Waals surface area contributed by atoms with E-state index in [4.69, 9.17) is 19.3 Å². The second-order valence-corrected chi connectivity index (χ2v) is 6.11. The molecule has 1 saturated heterocycles. The van der Waals surface area contributed by atoms with Crippen LogP contribution in [0, 0.1) is 0 Å². The highest BCUT2D eigenvalue weighted by atomic mass is 16.7. The van der Waals surface area contributed by atoms with Gasteiger partial charge in [0.15, 0.2) is 6.10 Å². The molecule has 1 aromatic rings. The van der Waals surface area contributed by atoms with Crippen LogP contribution in [0.1, 0.15) is 17.5 Å². The zero-order valence-corrected chi connectivity index (χ0v) is 12.4. The lowest BCUT2D eigenvalue weighted by atomic mass is 9.84. The number of cyclic esters (lactones) is 1. The van der Waals surface area contributed by atoms with E-state index in [9.17, 15) is 25.2 Å². The normalized spacial score (nSPS) is 34.5. The predicted molar refractivity (Wildman–Crippen MR) is 74.4 cm³/mol. The number of aromatic hydroxyl groups is 1. The highest BCUT2D eigenvalue weighted by Gasteiger charge is 2.77. The van der Waals surface area contributed by atoms with Crippen molar-refractivity contribution in [1.29, 1.82) is 0 Å². The van der Waals surface area contributed by atoms with Crippen molar-refractivity contribution in [2.45, 2.75) is 36.4 Å². The number of esters is 1. The number of fused-ring (bicyclic) bond motifs is 5. The lowest BCUT2D eigenvalue weighted by molar-refractivity contribution is -0.251. The molecule has 9 heteroatoms. The average molecular weight is 340 g/mol. The van der Waals surface area contributed by atoms with Crippen LogP contribution in [0.3, 0.4) is 0 Å². The van der Waals surface area contributed by atoms with E-state index in [1.807, 2.05) is 0 Å². The van der Waals surface area contributed by atoms with Crippen molar-refractivity contribution in [2.75, 3.05) is 13.2 Å². The van der Waals surface area contributed by atoms with Crippen molar-refractivity contribution in [3.8, 4) is 17.2 Å². The van der Waals surface area contributed by atoms with E-state index in [1.165, 1.54) is 6.07 Å². The molecular formula is C15H16O9. The quantitative estimate of drug-likeness (QED) is 0.396. The smallest absolute Gasteiger partial charge is 0.351 e. The predicted octanol–water partition coefficient (Wildman–Crippen LogP) is -1.74. The third-order valence-electron chi connectivity index (χ3n) is 4.74. The number of hydrogen-bond donors (Lipinski definition) is 5. The first-order chi connectivity index (χ1) is 11.3. The summed E-state index contributed by atoms with van der Waals surface area (Å²) in [6, 6.07) is 1.24. The Kier molecular flexibility index (Phi) is 3.05. The van der Waals surface area contributed by atoms with E-state index in [-0.39, 0.29) is 11.3 Å². The zero-order valence-electron chi connectivity index (χ0n) is 12.4. The van der Waals surface area contributed by atoms with Crippen LogP contribution in [0.25, 0.3) is 0 Å². The molecule has 1 fully saturated rings. The number of phenolic OH excluding ortho intramolecular Hbond substituents is 1. The van der Waals surface area contributed by atoms with Gasteiger partial charge in [-0.1, -0.05) is 0 Å². The number of phenols is 1. The molecule has 4 rings (SSSR count). The average Bonchev–Trinajstić information content (AvgIpc) is 2.92. The van der Waals surface area contributed by atoms with Gasteiger partial charge in [0.05, 0.1) is 18.8 Å². The molecule has 0 saturated carbocycles. The molecule has 0 bridgehead atoms. The molecule has 5 N–H and O–H groups in total. The maximum atomic E-state index is 12.2. The van der Waals surface area contributed by atoms with Crippen molar-refractivity contribution in [3.63, 3.8) is 0 Å². The Morgan fingerprint density at radius 3 is 2.83 bits per heavy atom. The largest absolute Gasteiger partial charge is 0.507 e. The maximum Gasteiger partial charge on any atom is 0.351 e. The highest BCUT2D eigenvalue weighted by Crippen LogP contribution is 2.59. The van der Waals surface area contributed by atoms with Crippen LogP contribution in [0.5, 0.6) is 17.2 Å². The first-order valence-electron chi connectivity index (χ1n) is 7.50. The fraction of sp³-hybridized carbons (Fsp3) is 0.533. The number of ether oxygens (including phenoxy) is 3. The van der Waals surface area contributed by atoms with E-state index in [2.05, 4.69) is 0 Å². The molecule has 3 aliphatic heterocycles. The number of carbonyl (C=O) groups is 1. The molecule has 0 radical (unpaired) electrons. The highest BCUT2D eigenvalue weighted by molar-refractivity contribution is 5.90. The minimum Gasteiger partial charge on any atom is -0.507 e. The van der Waals surface area contributed by atoms with E-state index in [0.29, 0.717) is 30.8 Å². The number of aliphatic hydroxyl groups is 4.